The number of amides is 2. The molecule has 23 heavy (non-hydrogen) atoms. The monoisotopic (exact) mass is 317 g/mol. The molecule has 1 aliphatic heterocycles. The summed E-state index contributed by atoms with van der Waals surface area (Å²) >= 11 is 0. The molecule has 0 aromatic carbocycles. The highest BCUT2D eigenvalue weighted by molar-refractivity contribution is 6.39. The summed E-state index contributed by atoms with van der Waals surface area (Å²) in [5.41, 5.74) is 0.985. The van der Waals surface area contributed by atoms with Crippen LogP contribution in [0.25, 0.3) is 5.65 Å². The molecule has 2 aromatic rings. The molecule has 0 spiro atoms. The lowest BCUT2D eigenvalue weighted by molar-refractivity contribution is -0.136. The van der Waals surface area contributed by atoms with Crippen LogP contribution < -0.4 is 10.6 Å². The van der Waals surface area contributed by atoms with E-state index in [1.54, 1.807) is 18.5 Å². The minimum absolute atomic E-state index is 0.0552. The molecule has 1 unspecified atom stereocenters. The highest BCUT2D eigenvalue weighted by atomic mass is 16.5. The summed E-state index contributed by atoms with van der Waals surface area (Å²) in [6, 6.07) is 1.72. The molecule has 2 aromatic heterocycles. The number of aromatic nitrogens is 3. The van der Waals surface area contributed by atoms with Crippen LogP contribution in [-0.2, 0) is 14.3 Å². The molecule has 1 aliphatic rings. The third-order valence-corrected chi connectivity index (χ3v) is 3.71. The van der Waals surface area contributed by atoms with E-state index in [1.807, 2.05) is 0 Å². The van der Waals surface area contributed by atoms with Gasteiger partial charge in [0.2, 0.25) is 0 Å². The SMILES string of the molecule is CC1(C)COC(CNC(=O)C(=O)Nc2cnn3cccnc23)C1. The second-order valence-electron chi connectivity index (χ2n) is 6.41. The molecule has 0 saturated carbocycles. The molecule has 2 N–H and O–H groups in total. The predicted octanol–water partition coefficient (Wildman–Crippen LogP) is 0.599. The first kappa shape index (κ1) is 15.4. The van der Waals surface area contributed by atoms with E-state index in [-0.39, 0.29) is 11.5 Å². The van der Waals surface area contributed by atoms with Crippen molar-refractivity contribution in [2.24, 2.45) is 5.41 Å². The Hall–Kier alpha value is -2.48. The Labute approximate surface area is 133 Å². The van der Waals surface area contributed by atoms with Crippen molar-refractivity contribution in [1.29, 1.82) is 0 Å². The molecule has 8 nitrogen and oxygen atoms in total. The standard InChI is InChI=1S/C15H19N5O3/c1-15(2)6-10(23-9-15)7-17-13(21)14(22)19-11-8-18-20-5-3-4-16-12(11)20/h3-5,8,10H,6-7,9H2,1-2H3,(H,17,21)(H,19,22). The molecule has 0 aliphatic carbocycles. The van der Waals surface area contributed by atoms with Gasteiger partial charge in [0.25, 0.3) is 0 Å². The van der Waals surface area contributed by atoms with Gasteiger partial charge in [0, 0.05) is 18.9 Å². The fraction of sp³-hybridized carbons (Fsp3) is 0.467. The first-order valence-corrected chi connectivity index (χ1v) is 7.44. The van der Waals surface area contributed by atoms with E-state index < -0.39 is 11.8 Å². The Kier molecular flexibility index (Phi) is 3.99. The Morgan fingerprint density at radius 1 is 1.43 bits per heavy atom. The lowest BCUT2D eigenvalue weighted by atomic mass is 9.91. The maximum atomic E-state index is 12.0. The van der Waals surface area contributed by atoms with Gasteiger partial charge in [-0.15, -0.1) is 0 Å². The minimum Gasteiger partial charge on any atom is -0.376 e. The number of nitrogens with zero attached hydrogens (tertiary/aromatic N) is 3. The van der Waals surface area contributed by atoms with Crippen LogP contribution in [0, 0.1) is 5.41 Å². The van der Waals surface area contributed by atoms with Crippen molar-refractivity contribution >= 4 is 23.1 Å². The van der Waals surface area contributed by atoms with Gasteiger partial charge in [-0.25, -0.2) is 9.50 Å². The summed E-state index contributed by atoms with van der Waals surface area (Å²) in [6.45, 7) is 5.20. The van der Waals surface area contributed by atoms with Gasteiger partial charge < -0.3 is 15.4 Å². The van der Waals surface area contributed by atoms with Crippen LogP contribution in [0.2, 0.25) is 0 Å². The van der Waals surface area contributed by atoms with Crippen LogP contribution in [0.5, 0.6) is 0 Å². The van der Waals surface area contributed by atoms with Crippen molar-refractivity contribution in [2.75, 3.05) is 18.5 Å². The normalized spacial score (nSPS) is 19.7. The van der Waals surface area contributed by atoms with Gasteiger partial charge in [0.05, 0.1) is 18.9 Å². The van der Waals surface area contributed by atoms with Gasteiger partial charge in [0.1, 0.15) is 5.69 Å². The maximum absolute atomic E-state index is 12.0. The smallest absolute Gasteiger partial charge is 0.313 e. The van der Waals surface area contributed by atoms with Crippen LogP contribution in [0.3, 0.4) is 0 Å². The van der Waals surface area contributed by atoms with Gasteiger partial charge in [0.15, 0.2) is 5.65 Å². The lowest BCUT2D eigenvalue weighted by Crippen LogP contribution is -2.39. The number of carbonyl (C=O) groups excluding carboxylic acids is 2. The van der Waals surface area contributed by atoms with E-state index in [4.69, 9.17) is 4.74 Å². The first-order valence-electron chi connectivity index (χ1n) is 7.44. The van der Waals surface area contributed by atoms with Gasteiger partial charge in [-0.05, 0) is 17.9 Å². The fourth-order valence-corrected chi connectivity index (χ4v) is 2.59. The summed E-state index contributed by atoms with van der Waals surface area (Å²) in [7, 11) is 0. The molecule has 1 atom stereocenters. The Morgan fingerprint density at radius 3 is 3.00 bits per heavy atom. The van der Waals surface area contributed by atoms with Gasteiger partial charge in [-0.2, -0.15) is 5.10 Å². The topological polar surface area (TPSA) is 97.6 Å². The molecular formula is C15H19N5O3. The fourth-order valence-electron chi connectivity index (χ4n) is 2.59. The van der Waals surface area contributed by atoms with E-state index in [1.165, 1.54) is 10.7 Å². The van der Waals surface area contributed by atoms with Crippen LogP contribution in [0.4, 0.5) is 5.69 Å². The van der Waals surface area contributed by atoms with Gasteiger partial charge >= 0.3 is 11.8 Å². The van der Waals surface area contributed by atoms with E-state index in [9.17, 15) is 9.59 Å². The quantitative estimate of drug-likeness (QED) is 0.808. The lowest BCUT2D eigenvalue weighted by Gasteiger charge is -2.14. The third-order valence-electron chi connectivity index (χ3n) is 3.71. The molecule has 0 bridgehead atoms. The minimum atomic E-state index is -0.747. The third kappa shape index (κ3) is 3.48. The van der Waals surface area contributed by atoms with Crippen molar-refractivity contribution in [3.63, 3.8) is 0 Å². The van der Waals surface area contributed by atoms with E-state index in [0.717, 1.165) is 6.42 Å². The number of anilines is 1. The zero-order chi connectivity index (χ0) is 16.4. The average Bonchev–Trinajstić information content (AvgIpc) is 3.08. The number of hydrogen-bond donors (Lipinski definition) is 2. The van der Waals surface area contributed by atoms with Crippen LogP contribution in [0.1, 0.15) is 20.3 Å². The van der Waals surface area contributed by atoms with Gasteiger partial charge in [-0.3, -0.25) is 9.59 Å². The molecule has 8 heteroatoms. The Balaban J connectivity index is 1.55. The van der Waals surface area contributed by atoms with Crippen molar-refractivity contribution < 1.29 is 14.3 Å². The number of fused-ring (bicyclic) bond motifs is 1. The van der Waals surface area contributed by atoms with E-state index in [2.05, 4.69) is 34.6 Å². The van der Waals surface area contributed by atoms with Crippen molar-refractivity contribution in [1.82, 2.24) is 19.9 Å². The molecule has 122 valence electrons. The highest BCUT2D eigenvalue weighted by Gasteiger charge is 2.32. The molecule has 3 rings (SSSR count). The molecule has 1 saturated heterocycles. The summed E-state index contributed by atoms with van der Waals surface area (Å²) in [4.78, 5) is 28.0. The van der Waals surface area contributed by atoms with E-state index >= 15 is 0 Å². The second kappa shape index (κ2) is 5.96. The molecule has 2 amide bonds. The number of ether oxygens (including phenoxy) is 1. The average molecular weight is 317 g/mol. The maximum Gasteiger partial charge on any atom is 0.313 e. The largest absolute Gasteiger partial charge is 0.376 e. The summed E-state index contributed by atoms with van der Waals surface area (Å²) < 4.78 is 7.11. The zero-order valence-electron chi connectivity index (χ0n) is 13.1. The van der Waals surface area contributed by atoms with Crippen molar-refractivity contribution in [2.45, 2.75) is 26.4 Å². The van der Waals surface area contributed by atoms with Crippen LogP contribution in [0.15, 0.2) is 24.7 Å². The van der Waals surface area contributed by atoms with Crippen LogP contribution >= 0.6 is 0 Å². The molecular weight excluding hydrogens is 298 g/mol. The first-order chi connectivity index (χ1) is 10.9. The second-order valence-corrected chi connectivity index (χ2v) is 6.41. The highest BCUT2D eigenvalue weighted by Crippen LogP contribution is 2.30. The van der Waals surface area contributed by atoms with E-state index in [0.29, 0.717) is 24.5 Å². The number of hydrogen-bond acceptors (Lipinski definition) is 5. The summed E-state index contributed by atoms with van der Waals surface area (Å²) in [5, 5.41) is 9.16. The molecule has 0 radical (unpaired) electrons. The molecule has 1 fully saturated rings. The zero-order valence-corrected chi connectivity index (χ0v) is 13.1. The summed E-state index contributed by atoms with van der Waals surface area (Å²) in [6.07, 6.45) is 5.55. The van der Waals surface area contributed by atoms with Crippen molar-refractivity contribution in [3.05, 3.63) is 24.7 Å². The van der Waals surface area contributed by atoms with Crippen LogP contribution in [-0.4, -0.2) is 45.7 Å². The Bertz CT molecular complexity index is 740. The summed E-state index contributed by atoms with van der Waals surface area (Å²) in [5.74, 6) is -1.45. The van der Waals surface area contributed by atoms with Crippen molar-refractivity contribution in [3.8, 4) is 0 Å². The van der Waals surface area contributed by atoms with Gasteiger partial charge in [-0.1, -0.05) is 13.8 Å². The predicted molar refractivity (Wildman–Crippen MR) is 82.8 cm³/mol. The number of nitrogens with one attached hydrogen (secondary N) is 2. The number of rotatable bonds is 3. The Morgan fingerprint density at radius 2 is 2.26 bits per heavy atom. The number of carbonyl (C=O) groups is 2. The molecule has 3 heterocycles.